The minimum absolute atomic E-state index is 0.0711. The molecular formula is C18H18N4O2. The fourth-order valence-corrected chi connectivity index (χ4v) is 3.01. The molecule has 0 radical (unpaired) electrons. The minimum Gasteiger partial charge on any atom is -0.493 e. The van der Waals surface area contributed by atoms with Gasteiger partial charge in [0.25, 0.3) is 0 Å². The lowest BCUT2D eigenvalue weighted by Crippen LogP contribution is -2.30. The maximum atomic E-state index is 12.3. The van der Waals surface area contributed by atoms with Gasteiger partial charge in [-0.05, 0) is 42.3 Å². The van der Waals surface area contributed by atoms with Gasteiger partial charge >= 0.3 is 0 Å². The summed E-state index contributed by atoms with van der Waals surface area (Å²) in [6.45, 7) is 2.87. The molecule has 0 bridgehead atoms. The van der Waals surface area contributed by atoms with Gasteiger partial charge in [0.1, 0.15) is 12.3 Å². The van der Waals surface area contributed by atoms with E-state index in [0.717, 1.165) is 35.4 Å². The van der Waals surface area contributed by atoms with E-state index < -0.39 is 0 Å². The van der Waals surface area contributed by atoms with Gasteiger partial charge < -0.3 is 10.1 Å². The molecule has 3 heterocycles. The van der Waals surface area contributed by atoms with Crippen molar-refractivity contribution >= 4 is 16.9 Å². The van der Waals surface area contributed by atoms with Crippen molar-refractivity contribution in [1.82, 2.24) is 20.1 Å². The summed E-state index contributed by atoms with van der Waals surface area (Å²) in [5.41, 5.74) is 3.00. The molecule has 2 aromatic heterocycles. The average Bonchev–Trinajstić information content (AvgIpc) is 3.21. The summed E-state index contributed by atoms with van der Waals surface area (Å²) in [4.78, 5) is 16.6. The molecule has 122 valence electrons. The van der Waals surface area contributed by atoms with Crippen molar-refractivity contribution in [2.24, 2.45) is 0 Å². The largest absolute Gasteiger partial charge is 0.493 e. The van der Waals surface area contributed by atoms with Crippen LogP contribution in [-0.4, -0.2) is 27.3 Å². The quantitative estimate of drug-likeness (QED) is 0.800. The highest BCUT2D eigenvalue weighted by molar-refractivity contribution is 5.79. The van der Waals surface area contributed by atoms with E-state index in [2.05, 4.69) is 21.5 Å². The molecule has 0 saturated carbocycles. The normalized spacial score (nSPS) is 14.2. The van der Waals surface area contributed by atoms with Crippen molar-refractivity contribution in [2.75, 3.05) is 6.61 Å². The Morgan fingerprint density at radius 1 is 1.42 bits per heavy atom. The number of aromatic nitrogens is 3. The second-order valence-electron chi connectivity index (χ2n) is 5.97. The van der Waals surface area contributed by atoms with E-state index in [0.29, 0.717) is 0 Å². The highest BCUT2D eigenvalue weighted by Crippen LogP contribution is 2.28. The monoisotopic (exact) mass is 322 g/mol. The molecular weight excluding hydrogens is 304 g/mol. The number of hydrogen-bond donors (Lipinski definition) is 1. The van der Waals surface area contributed by atoms with E-state index in [1.54, 1.807) is 17.1 Å². The van der Waals surface area contributed by atoms with Crippen molar-refractivity contribution in [2.45, 2.75) is 25.9 Å². The van der Waals surface area contributed by atoms with Gasteiger partial charge in [0.05, 0.1) is 18.8 Å². The van der Waals surface area contributed by atoms with Crippen LogP contribution < -0.4 is 10.1 Å². The number of nitrogens with zero attached hydrogens (tertiary/aromatic N) is 3. The number of hydrogen-bond acceptors (Lipinski definition) is 4. The molecule has 1 aromatic carbocycles. The Bertz CT molecular complexity index is 903. The lowest BCUT2D eigenvalue weighted by molar-refractivity contribution is -0.122. The first-order chi connectivity index (χ1) is 11.7. The van der Waals surface area contributed by atoms with E-state index in [-0.39, 0.29) is 18.5 Å². The molecule has 0 fully saturated rings. The number of carbonyl (C=O) groups excluding carboxylic acids is 1. The summed E-state index contributed by atoms with van der Waals surface area (Å²) in [5.74, 6) is 0.862. The first-order valence-electron chi connectivity index (χ1n) is 8.02. The predicted molar refractivity (Wildman–Crippen MR) is 89.7 cm³/mol. The Kier molecular flexibility index (Phi) is 3.65. The second kappa shape index (κ2) is 5.96. The van der Waals surface area contributed by atoms with Crippen LogP contribution in [0.25, 0.3) is 11.0 Å². The molecule has 4 rings (SSSR count). The number of carbonyl (C=O) groups is 1. The van der Waals surface area contributed by atoms with Crippen LogP contribution in [0.3, 0.4) is 0 Å². The number of amides is 1. The Hall–Kier alpha value is -2.89. The van der Waals surface area contributed by atoms with Crippen LogP contribution >= 0.6 is 0 Å². The number of benzene rings is 1. The molecule has 1 amide bonds. The Labute approximate surface area is 139 Å². The van der Waals surface area contributed by atoms with Crippen molar-refractivity contribution < 1.29 is 9.53 Å². The fraction of sp³-hybridized carbons (Fsp3) is 0.278. The Balaban J connectivity index is 1.45. The van der Waals surface area contributed by atoms with Gasteiger partial charge in [-0.1, -0.05) is 6.07 Å². The fourth-order valence-electron chi connectivity index (χ4n) is 3.01. The topological polar surface area (TPSA) is 69.0 Å². The third kappa shape index (κ3) is 2.71. The van der Waals surface area contributed by atoms with E-state index in [1.165, 1.54) is 5.56 Å². The van der Waals surface area contributed by atoms with Crippen molar-refractivity contribution in [1.29, 1.82) is 0 Å². The molecule has 0 aliphatic carbocycles. The molecule has 3 aromatic rings. The van der Waals surface area contributed by atoms with Gasteiger partial charge in [0, 0.05) is 18.0 Å². The van der Waals surface area contributed by atoms with Gasteiger partial charge in [-0.2, -0.15) is 5.10 Å². The van der Waals surface area contributed by atoms with Crippen LogP contribution in [0.1, 0.15) is 24.1 Å². The highest BCUT2D eigenvalue weighted by atomic mass is 16.5. The maximum absolute atomic E-state index is 12.3. The molecule has 1 aliphatic heterocycles. The third-order valence-electron chi connectivity index (χ3n) is 4.28. The first kappa shape index (κ1) is 14.7. The minimum atomic E-state index is -0.0881. The van der Waals surface area contributed by atoms with Gasteiger partial charge in [-0.3, -0.25) is 4.79 Å². The van der Waals surface area contributed by atoms with Crippen molar-refractivity contribution in [3.05, 3.63) is 53.9 Å². The molecule has 24 heavy (non-hydrogen) atoms. The number of nitrogens with one attached hydrogen (secondary N) is 1. The van der Waals surface area contributed by atoms with Gasteiger partial charge in [-0.15, -0.1) is 0 Å². The zero-order valence-electron chi connectivity index (χ0n) is 13.4. The molecule has 6 nitrogen and oxygen atoms in total. The predicted octanol–water partition coefficient (Wildman–Crippen LogP) is 2.24. The van der Waals surface area contributed by atoms with Crippen molar-refractivity contribution in [3.63, 3.8) is 0 Å². The number of ether oxygens (including phenoxy) is 1. The van der Waals surface area contributed by atoms with E-state index >= 15 is 0 Å². The number of fused-ring (bicyclic) bond motifs is 2. The van der Waals surface area contributed by atoms with Crippen LogP contribution in [0.5, 0.6) is 5.75 Å². The Morgan fingerprint density at radius 3 is 3.25 bits per heavy atom. The third-order valence-corrected chi connectivity index (χ3v) is 4.28. The molecule has 0 unspecified atom stereocenters. The summed E-state index contributed by atoms with van der Waals surface area (Å²) < 4.78 is 7.14. The van der Waals surface area contributed by atoms with E-state index in [9.17, 15) is 4.79 Å². The molecule has 1 N–H and O–H groups in total. The summed E-state index contributed by atoms with van der Waals surface area (Å²) in [6.07, 6.45) is 4.35. The molecule has 0 saturated heterocycles. The summed E-state index contributed by atoms with van der Waals surface area (Å²) >= 11 is 0. The van der Waals surface area contributed by atoms with Crippen LogP contribution in [0.2, 0.25) is 0 Å². The standard InChI is InChI=1S/C18H18N4O2/c1-12(13-4-5-16-14(9-13)6-8-24-16)21-17(23)11-22-18-15(10-20-22)3-2-7-19-18/h2-5,7,9-10,12H,6,8,11H2,1H3,(H,21,23)/t12-/m1/s1. The molecule has 1 atom stereocenters. The molecule has 1 aliphatic rings. The number of pyridine rings is 1. The summed E-state index contributed by atoms with van der Waals surface area (Å²) in [6, 6.07) is 9.80. The van der Waals surface area contributed by atoms with Crippen LogP contribution in [0.4, 0.5) is 0 Å². The van der Waals surface area contributed by atoms with Crippen molar-refractivity contribution in [3.8, 4) is 5.75 Å². The zero-order valence-corrected chi connectivity index (χ0v) is 13.4. The average molecular weight is 322 g/mol. The lowest BCUT2D eigenvalue weighted by atomic mass is 10.0. The van der Waals surface area contributed by atoms with E-state index in [1.807, 2.05) is 31.2 Å². The molecule has 0 spiro atoms. The van der Waals surface area contributed by atoms with Gasteiger partial charge in [0.15, 0.2) is 5.65 Å². The van der Waals surface area contributed by atoms with Crippen LogP contribution in [0, 0.1) is 0 Å². The smallest absolute Gasteiger partial charge is 0.242 e. The number of rotatable bonds is 4. The van der Waals surface area contributed by atoms with Gasteiger partial charge in [0.2, 0.25) is 5.91 Å². The SMILES string of the molecule is C[C@@H](NC(=O)Cn1ncc2cccnc21)c1ccc2c(c1)CCO2. The van der Waals surface area contributed by atoms with Crippen LogP contribution in [-0.2, 0) is 17.8 Å². The Morgan fingerprint density at radius 2 is 2.33 bits per heavy atom. The maximum Gasteiger partial charge on any atom is 0.242 e. The first-order valence-corrected chi connectivity index (χ1v) is 8.02. The van der Waals surface area contributed by atoms with Gasteiger partial charge in [-0.25, -0.2) is 9.67 Å². The lowest BCUT2D eigenvalue weighted by Gasteiger charge is -2.15. The second-order valence-corrected chi connectivity index (χ2v) is 5.97. The van der Waals surface area contributed by atoms with E-state index in [4.69, 9.17) is 4.74 Å². The summed E-state index contributed by atoms with van der Waals surface area (Å²) in [7, 11) is 0. The zero-order chi connectivity index (χ0) is 16.5. The molecule has 6 heteroatoms. The summed E-state index contributed by atoms with van der Waals surface area (Å²) in [5, 5.41) is 8.19. The highest BCUT2D eigenvalue weighted by Gasteiger charge is 2.16. The van der Waals surface area contributed by atoms with Crippen LogP contribution in [0.15, 0.2) is 42.7 Å².